The number of hydrogen-bond acceptors (Lipinski definition) is 4. The second-order valence-corrected chi connectivity index (χ2v) is 7.56. The van der Waals surface area contributed by atoms with Crippen molar-refractivity contribution in [3.05, 3.63) is 34.0 Å². The van der Waals surface area contributed by atoms with Gasteiger partial charge in [-0.1, -0.05) is 36.3 Å². The third kappa shape index (κ3) is 8.70. The maximum absolute atomic E-state index is 12.7. The van der Waals surface area contributed by atoms with E-state index >= 15 is 0 Å². The number of hydrogen-bond donors (Lipinski definition) is 0. The lowest BCUT2D eigenvalue weighted by Gasteiger charge is -2.26. The SMILES string of the molecule is C=C(C)CC#CCC(C/C=C(\I)CC(=C)C)(C(=O)OCC)C(=O)OCC. The van der Waals surface area contributed by atoms with Crippen molar-refractivity contribution in [2.45, 2.75) is 53.4 Å². The van der Waals surface area contributed by atoms with Gasteiger partial charge in [-0.05, 0) is 66.7 Å². The number of esters is 2. The topological polar surface area (TPSA) is 52.6 Å². The molecule has 0 saturated heterocycles. The zero-order chi connectivity index (χ0) is 20.2. The highest BCUT2D eigenvalue weighted by atomic mass is 127. The Balaban J connectivity index is 5.80. The number of rotatable bonds is 10. The fraction of sp³-hybridized carbons (Fsp3) is 0.524. The van der Waals surface area contributed by atoms with Gasteiger partial charge in [-0.15, -0.1) is 5.92 Å². The minimum atomic E-state index is -1.46. The summed E-state index contributed by atoms with van der Waals surface area (Å²) in [6.45, 7) is 15.3. The average molecular weight is 472 g/mol. The summed E-state index contributed by atoms with van der Waals surface area (Å²) in [5.74, 6) is 4.69. The second kappa shape index (κ2) is 12.7. The van der Waals surface area contributed by atoms with Gasteiger partial charge < -0.3 is 9.47 Å². The van der Waals surface area contributed by atoms with Crippen LogP contribution in [0.25, 0.3) is 0 Å². The number of allylic oxidation sites excluding steroid dienone is 4. The molecule has 0 bridgehead atoms. The Bertz CT molecular complexity index is 602. The van der Waals surface area contributed by atoms with Crippen molar-refractivity contribution in [2.24, 2.45) is 5.41 Å². The number of halogens is 1. The molecule has 4 nitrogen and oxygen atoms in total. The van der Waals surface area contributed by atoms with Crippen LogP contribution >= 0.6 is 22.6 Å². The monoisotopic (exact) mass is 472 g/mol. The smallest absolute Gasteiger partial charge is 0.324 e. The third-order valence-electron chi connectivity index (χ3n) is 3.38. The van der Waals surface area contributed by atoms with Crippen LogP contribution in [0.4, 0.5) is 0 Å². The summed E-state index contributed by atoms with van der Waals surface area (Å²) in [5.41, 5.74) is 0.468. The molecule has 0 aromatic carbocycles. The molecular formula is C21H29IO4. The summed E-state index contributed by atoms with van der Waals surface area (Å²) in [5, 5.41) is 0. The van der Waals surface area contributed by atoms with Crippen molar-refractivity contribution >= 4 is 34.5 Å². The molecule has 26 heavy (non-hydrogen) atoms. The van der Waals surface area contributed by atoms with E-state index in [1.165, 1.54) is 0 Å². The van der Waals surface area contributed by atoms with Crippen LogP contribution in [0.2, 0.25) is 0 Å². The van der Waals surface area contributed by atoms with Gasteiger partial charge in [-0.25, -0.2) is 0 Å². The van der Waals surface area contributed by atoms with Crippen LogP contribution in [-0.4, -0.2) is 25.2 Å². The van der Waals surface area contributed by atoms with Crippen LogP contribution in [0.5, 0.6) is 0 Å². The first-order chi connectivity index (χ1) is 12.2. The maximum atomic E-state index is 12.7. The molecule has 0 aliphatic rings. The van der Waals surface area contributed by atoms with E-state index < -0.39 is 17.4 Å². The van der Waals surface area contributed by atoms with Gasteiger partial charge >= 0.3 is 11.9 Å². The molecule has 144 valence electrons. The summed E-state index contributed by atoms with van der Waals surface area (Å²) in [6.07, 6.45) is 3.31. The lowest BCUT2D eigenvalue weighted by atomic mass is 9.80. The summed E-state index contributed by atoms with van der Waals surface area (Å²) in [7, 11) is 0. The summed E-state index contributed by atoms with van der Waals surface area (Å²) < 4.78 is 11.4. The predicted molar refractivity (Wildman–Crippen MR) is 114 cm³/mol. The quantitative estimate of drug-likeness (QED) is 0.145. The minimum absolute atomic E-state index is 0.0471. The van der Waals surface area contributed by atoms with Crippen molar-refractivity contribution in [3.63, 3.8) is 0 Å². The first kappa shape index (κ1) is 24.5. The molecule has 0 aromatic heterocycles. The van der Waals surface area contributed by atoms with Gasteiger partial charge in [-0.2, -0.15) is 0 Å². The average Bonchev–Trinajstić information content (AvgIpc) is 2.53. The Kier molecular flexibility index (Phi) is 12.0. The van der Waals surface area contributed by atoms with Gasteiger partial charge in [0.15, 0.2) is 5.41 Å². The maximum Gasteiger partial charge on any atom is 0.324 e. The fourth-order valence-corrected chi connectivity index (χ4v) is 2.95. The van der Waals surface area contributed by atoms with Crippen molar-refractivity contribution < 1.29 is 19.1 Å². The number of carbonyl (C=O) groups excluding carboxylic acids is 2. The van der Waals surface area contributed by atoms with E-state index in [-0.39, 0.29) is 26.1 Å². The summed E-state index contributed by atoms with van der Waals surface area (Å²) in [4.78, 5) is 25.4. The highest BCUT2D eigenvalue weighted by Gasteiger charge is 2.47. The summed E-state index contributed by atoms with van der Waals surface area (Å²) >= 11 is 2.19. The van der Waals surface area contributed by atoms with Crippen LogP contribution in [0.15, 0.2) is 34.0 Å². The molecule has 0 aliphatic carbocycles. The van der Waals surface area contributed by atoms with Gasteiger partial charge in [0.25, 0.3) is 0 Å². The molecule has 0 rings (SSSR count). The lowest BCUT2D eigenvalue weighted by Crippen LogP contribution is -2.41. The molecule has 0 unspecified atom stereocenters. The standard InChI is InChI=1S/C21H29IO4/c1-7-25-19(23)21(20(24)26-8-2,13-10-9-11-16(3)4)14-12-18(22)15-17(5)6/h12H,3,5,7-8,11,13-15H2,1-2,4,6H3/b18-12-. The molecule has 0 aromatic rings. The fourth-order valence-electron chi connectivity index (χ4n) is 2.08. The van der Waals surface area contributed by atoms with E-state index in [0.717, 1.165) is 14.7 Å². The van der Waals surface area contributed by atoms with E-state index in [2.05, 4.69) is 47.6 Å². The van der Waals surface area contributed by atoms with Crippen molar-refractivity contribution in [3.8, 4) is 11.8 Å². The molecule has 0 aliphatic heterocycles. The largest absolute Gasteiger partial charge is 0.465 e. The molecule has 0 saturated carbocycles. The Labute approximate surface area is 171 Å². The first-order valence-corrected chi connectivity index (χ1v) is 9.70. The van der Waals surface area contributed by atoms with E-state index in [4.69, 9.17) is 9.47 Å². The molecule has 0 spiro atoms. The Morgan fingerprint density at radius 2 is 1.58 bits per heavy atom. The molecule has 0 amide bonds. The predicted octanol–water partition coefficient (Wildman–Crippen LogP) is 5.13. The molecule has 0 N–H and O–H groups in total. The van der Waals surface area contributed by atoms with Crippen LogP contribution in [0, 0.1) is 17.3 Å². The highest BCUT2D eigenvalue weighted by molar-refractivity contribution is 14.1. The van der Waals surface area contributed by atoms with Gasteiger partial charge in [0.2, 0.25) is 0 Å². The molecule has 0 heterocycles. The van der Waals surface area contributed by atoms with E-state index in [9.17, 15) is 9.59 Å². The second-order valence-electron chi connectivity index (χ2n) is 6.18. The minimum Gasteiger partial charge on any atom is -0.465 e. The van der Waals surface area contributed by atoms with E-state index in [1.807, 2.05) is 19.9 Å². The van der Waals surface area contributed by atoms with Gasteiger partial charge in [0.05, 0.1) is 13.2 Å². The van der Waals surface area contributed by atoms with Gasteiger partial charge in [0, 0.05) is 12.8 Å². The van der Waals surface area contributed by atoms with Crippen LogP contribution in [0.1, 0.15) is 53.4 Å². The van der Waals surface area contributed by atoms with Crippen LogP contribution in [0.3, 0.4) is 0 Å². The van der Waals surface area contributed by atoms with Crippen molar-refractivity contribution in [1.82, 2.24) is 0 Å². The summed E-state index contributed by atoms with van der Waals surface area (Å²) in [6, 6.07) is 0. The number of ether oxygens (including phenoxy) is 2. The Morgan fingerprint density at radius 1 is 1.04 bits per heavy atom. The van der Waals surface area contributed by atoms with Crippen LogP contribution < -0.4 is 0 Å². The lowest BCUT2D eigenvalue weighted by molar-refractivity contribution is -0.171. The van der Waals surface area contributed by atoms with Crippen molar-refractivity contribution in [1.29, 1.82) is 0 Å². The van der Waals surface area contributed by atoms with E-state index in [0.29, 0.717) is 12.8 Å². The Morgan fingerprint density at radius 3 is 2.00 bits per heavy atom. The van der Waals surface area contributed by atoms with Gasteiger partial charge in [-0.3, -0.25) is 9.59 Å². The van der Waals surface area contributed by atoms with Crippen LogP contribution in [-0.2, 0) is 19.1 Å². The molecule has 0 radical (unpaired) electrons. The molecular weight excluding hydrogens is 443 g/mol. The zero-order valence-electron chi connectivity index (χ0n) is 16.2. The molecule has 0 atom stereocenters. The first-order valence-electron chi connectivity index (χ1n) is 8.63. The van der Waals surface area contributed by atoms with Gasteiger partial charge in [0.1, 0.15) is 0 Å². The zero-order valence-corrected chi connectivity index (χ0v) is 18.4. The molecule has 5 heteroatoms. The Hall–Kier alpha value is -1.55. The number of carbonyl (C=O) groups is 2. The van der Waals surface area contributed by atoms with E-state index in [1.54, 1.807) is 13.8 Å². The third-order valence-corrected chi connectivity index (χ3v) is 4.20. The molecule has 0 fully saturated rings. The highest BCUT2D eigenvalue weighted by Crippen LogP contribution is 2.33. The van der Waals surface area contributed by atoms with Crippen molar-refractivity contribution in [2.75, 3.05) is 13.2 Å². The normalized spacial score (nSPS) is 11.2.